The Morgan fingerprint density at radius 3 is 2.77 bits per heavy atom. The average Bonchev–Trinajstić information content (AvgIpc) is 2.84. The zero-order chi connectivity index (χ0) is 15.5. The van der Waals surface area contributed by atoms with Crippen LogP contribution < -0.4 is 0 Å². The van der Waals surface area contributed by atoms with Crippen LogP contribution >= 0.6 is 0 Å². The van der Waals surface area contributed by atoms with Gasteiger partial charge in [0.1, 0.15) is 5.78 Å². The third-order valence-corrected chi connectivity index (χ3v) is 7.29. The molecule has 0 aromatic rings. The summed E-state index contributed by atoms with van der Waals surface area (Å²) < 4.78 is 0. The Kier molecular flexibility index (Phi) is 3.22. The van der Waals surface area contributed by atoms with Gasteiger partial charge in [0.05, 0.1) is 0 Å². The number of Topliss-reactive ketones (excluding diaryl/α,β-unsaturated/α-hetero) is 1. The van der Waals surface area contributed by atoms with Gasteiger partial charge in [0.2, 0.25) is 0 Å². The van der Waals surface area contributed by atoms with Crippen molar-refractivity contribution in [1.82, 2.24) is 0 Å². The molecule has 3 saturated carbocycles. The summed E-state index contributed by atoms with van der Waals surface area (Å²) in [5.74, 6) is 3.07. The summed E-state index contributed by atoms with van der Waals surface area (Å²) in [5.41, 5.74) is 2.60. The van der Waals surface area contributed by atoms with Crippen LogP contribution in [0, 0.1) is 29.1 Å². The quantitative estimate of drug-likeness (QED) is 0.678. The minimum Gasteiger partial charge on any atom is -0.299 e. The van der Waals surface area contributed by atoms with Gasteiger partial charge in [-0.3, -0.25) is 9.59 Å². The van der Waals surface area contributed by atoms with E-state index in [1.165, 1.54) is 11.1 Å². The van der Waals surface area contributed by atoms with Gasteiger partial charge in [-0.05, 0) is 68.3 Å². The van der Waals surface area contributed by atoms with Crippen molar-refractivity contribution in [2.45, 2.75) is 58.3 Å². The third kappa shape index (κ3) is 1.79. The highest BCUT2D eigenvalue weighted by Gasteiger charge is 2.58. The molecule has 0 saturated heterocycles. The van der Waals surface area contributed by atoms with Gasteiger partial charge >= 0.3 is 0 Å². The number of ketones is 2. The molecule has 5 atom stereocenters. The Labute approximate surface area is 133 Å². The molecule has 0 amide bonds. The summed E-state index contributed by atoms with van der Waals surface area (Å²) in [5, 5.41) is 0. The van der Waals surface area contributed by atoms with E-state index in [4.69, 9.17) is 0 Å². The van der Waals surface area contributed by atoms with Crippen molar-refractivity contribution in [3.05, 3.63) is 23.8 Å². The van der Waals surface area contributed by atoms with Gasteiger partial charge in [0.15, 0.2) is 5.78 Å². The van der Waals surface area contributed by atoms with Crippen LogP contribution in [-0.4, -0.2) is 11.6 Å². The number of fused-ring (bicyclic) bond motifs is 5. The Bertz CT molecular complexity index is 585. The standard InChI is InChI=1S/C20H26O2/c1-3-20-11-12(2)19-15-7-5-14(21)10-13(15)4-6-16(19)17(20)8-9-18(20)22/h10,15-17,19H,2-9,11H2,1H3/t15-,16+,17+,19+,20?/m1/s1. The van der Waals surface area contributed by atoms with Crippen LogP contribution in [-0.2, 0) is 9.59 Å². The van der Waals surface area contributed by atoms with Crippen molar-refractivity contribution in [2.24, 2.45) is 29.1 Å². The fourth-order valence-corrected chi connectivity index (χ4v) is 6.37. The van der Waals surface area contributed by atoms with Crippen molar-refractivity contribution < 1.29 is 9.59 Å². The number of carbonyl (C=O) groups excluding carboxylic acids is 2. The summed E-state index contributed by atoms with van der Waals surface area (Å²) in [4.78, 5) is 24.3. The van der Waals surface area contributed by atoms with Crippen LogP contribution in [0.2, 0.25) is 0 Å². The fourth-order valence-electron chi connectivity index (χ4n) is 6.37. The second-order valence-corrected chi connectivity index (χ2v) is 7.97. The maximum atomic E-state index is 12.6. The first-order valence-electron chi connectivity index (χ1n) is 9.01. The van der Waals surface area contributed by atoms with E-state index in [9.17, 15) is 9.59 Å². The molecular formula is C20H26O2. The van der Waals surface area contributed by atoms with Crippen LogP contribution in [0.4, 0.5) is 0 Å². The molecule has 0 N–H and O–H groups in total. The Hall–Kier alpha value is -1.18. The molecule has 118 valence electrons. The monoisotopic (exact) mass is 298 g/mol. The van der Waals surface area contributed by atoms with Crippen molar-refractivity contribution >= 4 is 11.6 Å². The molecule has 0 aliphatic heterocycles. The molecule has 0 radical (unpaired) electrons. The van der Waals surface area contributed by atoms with Crippen molar-refractivity contribution in [2.75, 3.05) is 0 Å². The first-order valence-corrected chi connectivity index (χ1v) is 9.01. The molecular weight excluding hydrogens is 272 g/mol. The van der Waals surface area contributed by atoms with Gasteiger partial charge in [-0.1, -0.05) is 24.6 Å². The van der Waals surface area contributed by atoms with E-state index >= 15 is 0 Å². The smallest absolute Gasteiger partial charge is 0.155 e. The summed E-state index contributed by atoms with van der Waals surface area (Å²) in [6, 6.07) is 0. The molecule has 0 heterocycles. The van der Waals surface area contributed by atoms with E-state index in [2.05, 4.69) is 13.5 Å². The van der Waals surface area contributed by atoms with E-state index in [1.54, 1.807) is 0 Å². The van der Waals surface area contributed by atoms with E-state index < -0.39 is 0 Å². The molecule has 4 rings (SSSR count). The highest BCUT2D eigenvalue weighted by Crippen LogP contribution is 2.63. The van der Waals surface area contributed by atoms with Gasteiger partial charge in [-0.25, -0.2) is 0 Å². The highest BCUT2D eigenvalue weighted by atomic mass is 16.1. The van der Waals surface area contributed by atoms with Gasteiger partial charge < -0.3 is 0 Å². The maximum absolute atomic E-state index is 12.6. The zero-order valence-electron chi connectivity index (χ0n) is 13.6. The molecule has 4 aliphatic carbocycles. The molecule has 0 spiro atoms. The van der Waals surface area contributed by atoms with E-state index in [1.807, 2.05) is 6.08 Å². The maximum Gasteiger partial charge on any atom is 0.155 e. The summed E-state index contributed by atoms with van der Waals surface area (Å²) >= 11 is 0. The molecule has 4 aliphatic rings. The van der Waals surface area contributed by atoms with Crippen LogP contribution in [0.15, 0.2) is 23.8 Å². The second kappa shape index (κ2) is 4.91. The number of hydrogen-bond donors (Lipinski definition) is 0. The van der Waals surface area contributed by atoms with Gasteiger partial charge in [-0.2, -0.15) is 0 Å². The lowest BCUT2D eigenvalue weighted by Gasteiger charge is -2.53. The largest absolute Gasteiger partial charge is 0.299 e. The number of rotatable bonds is 1. The average molecular weight is 298 g/mol. The molecule has 0 bridgehead atoms. The zero-order valence-corrected chi connectivity index (χ0v) is 13.6. The van der Waals surface area contributed by atoms with Crippen LogP contribution in [0.25, 0.3) is 0 Å². The van der Waals surface area contributed by atoms with E-state index in [0.29, 0.717) is 41.7 Å². The first kappa shape index (κ1) is 14.4. The Morgan fingerprint density at radius 2 is 2.00 bits per heavy atom. The van der Waals surface area contributed by atoms with Crippen LogP contribution in [0.1, 0.15) is 58.3 Å². The number of allylic oxidation sites excluding steroid dienone is 2. The van der Waals surface area contributed by atoms with Gasteiger partial charge in [0.25, 0.3) is 0 Å². The normalized spacial score (nSPS) is 44.2. The SMILES string of the molecule is C=C1CC2(CC)C(=O)CC[C@H]2[C@@H]2CCC3=CC(=O)CC[C@H]3[C@H]12. The molecule has 0 aromatic carbocycles. The van der Waals surface area contributed by atoms with Crippen LogP contribution in [0.5, 0.6) is 0 Å². The minimum absolute atomic E-state index is 0.0933. The topological polar surface area (TPSA) is 34.1 Å². The predicted octanol–water partition coefficient (Wildman–Crippen LogP) is 4.25. The van der Waals surface area contributed by atoms with Crippen molar-refractivity contribution in [3.63, 3.8) is 0 Å². The van der Waals surface area contributed by atoms with Crippen molar-refractivity contribution in [1.29, 1.82) is 0 Å². The molecule has 1 unspecified atom stereocenters. The van der Waals surface area contributed by atoms with Crippen molar-refractivity contribution in [3.8, 4) is 0 Å². The lowest BCUT2D eigenvalue weighted by molar-refractivity contribution is -0.130. The van der Waals surface area contributed by atoms with Crippen LogP contribution in [0.3, 0.4) is 0 Å². The van der Waals surface area contributed by atoms with Gasteiger partial charge in [0, 0.05) is 18.3 Å². The summed E-state index contributed by atoms with van der Waals surface area (Å²) in [6.45, 7) is 6.62. The second-order valence-electron chi connectivity index (χ2n) is 7.97. The molecule has 2 heteroatoms. The first-order chi connectivity index (χ1) is 10.6. The predicted molar refractivity (Wildman–Crippen MR) is 86.2 cm³/mol. The molecule has 3 fully saturated rings. The Morgan fingerprint density at radius 1 is 1.18 bits per heavy atom. The van der Waals surface area contributed by atoms with E-state index in [-0.39, 0.29) is 5.41 Å². The molecule has 0 aromatic heterocycles. The fraction of sp³-hybridized carbons (Fsp3) is 0.700. The van der Waals surface area contributed by atoms with E-state index in [0.717, 1.165) is 44.9 Å². The van der Waals surface area contributed by atoms with Gasteiger partial charge in [-0.15, -0.1) is 0 Å². The summed E-state index contributed by atoms with van der Waals surface area (Å²) in [6.07, 6.45) is 9.61. The third-order valence-electron chi connectivity index (χ3n) is 7.29. The lowest BCUT2D eigenvalue weighted by Crippen LogP contribution is -2.48. The Balaban J connectivity index is 1.72. The molecule has 22 heavy (non-hydrogen) atoms. The molecule has 2 nitrogen and oxygen atoms in total. The number of hydrogen-bond acceptors (Lipinski definition) is 2. The lowest BCUT2D eigenvalue weighted by atomic mass is 9.50. The number of carbonyl (C=O) groups is 2. The summed E-state index contributed by atoms with van der Waals surface area (Å²) in [7, 11) is 0. The minimum atomic E-state index is -0.0933. The highest BCUT2D eigenvalue weighted by molar-refractivity contribution is 5.91.